The lowest BCUT2D eigenvalue weighted by Crippen LogP contribution is -2.18. The van der Waals surface area contributed by atoms with E-state index in [9.17, 15) is 0 Å². The Hall–Kier alpha value is -0.760. The van der Waals surface area contributed by atoms with Crippen LogP contribution in [-0.2, 0) is 13.1 Å². The van der Waals surface area contributed by atoms with E-state index in [-0.39, 0.29) is 0 Å². The Labute approximate surface area is 79.9 Å². The van der Waals surface area contributed by atoms with Gasteiger partial charge in [0.05, 0.1) is 0 Å². The Kier molecular flexibility index (Phi) is 2.69. The molecule has 1 heterocycles. The van der Waals surface area contributed by atoms with Crippen LogP contribution in [0.15, 0.2) is 18.3 Å². The van der Waals surface area contributed by atoms with E-state index in [1.54, 1.807) is 0 Å². The van der Waals surface area contributed by atoms with Crippen LogP contribution in [0, 0.1) is 5.92 Å². The quantitative estimate of drug-likeness (QED) is 0.729. The first-order valence-corrected chi connectivity index (χ1v) is 5.25. The van der Waals surface area contributed by atoms with Gasteiger partial charge in [-0.3, -0.25) is 0 Å². The van der Waals surface area contributed by atoms with Crippen LogP contribution >= 0.6 is 0 Å². The summed E-state index contributed by atoms with van der Waals surface area (Å²) in [7, 11) is 0. The third kappa shape index (κ3) is 2.34. The minimum Gasteiger partial charge on any atom is -0.351 e. The van der Waals surface area contributed by atoms with E-state index in [1.165, 1.54) is 25.1 Å². The van der Waals surface area contributed by atoms with Crippen molar-refractivity contribution < 1.29 is 0 Å². The fourth-order valence-corrected chi connectivity index (χ4v) is 1.64. The molecule has 0 bridgehead atoms. The van der Waals surface area contributed by atoms with Gasteiger partial charge >= 0.3 is 0 Å². The van der Waals surface area contributed by atoms with E-state index in [0.29, 0.717) is 0 Å². The van der Waals surface area contributed by atoms with Gasteiger partial charge in [-0.25, -0.2) is 0 Å². The average Bonchev–Trinajstić information content (AvgIpc) is 2.84. The molecule has 1 aromatic rings. The molecule has 13 heavy (non-hydrogen) atoms. The highest BCUT2D eigenvalue weighted by Crippen LogP contribution is 2.27. The molecule has 1 fully saturated rings. The summed E-state index contributed by atoms with van der Waals surface area (Å²) >= 11 is 0. The molecule has 0 unspecified atom stereocenters. The second-order valence-corrected chi connectivity index (χ2v) is 3.86. The molecule has 0 spiro atoms. The standard InChI is InChI=1S/C11H18N2/c1-2-13-7-3-4-11(13)9-12-8-10-5-6-10/h3-4,7,10,12H,2,5-6,8-9H2,1H3. The molecule has 0 atom stereocenters. The zero-order chi connectivity index (χ0) is 9.10. The Morgan fingerprint density at radius 2 is 2.38 bits per heavy atom. The molecular formula is C11H18N2. The largest absolute Gasteiger partial charge is 0.351 e. The molecule has 0 saturated heterocycles. The molecule has 1 saturated carbocycles. The summed E-state index contributed by atoms with van der Waals surface area (Å²) in [5.41, 5.74) is 1.41. The number of rotatable bonds is 5. The molecule has 1 aliphatic carbocycles. The van der Waals surface area contributed by atoms with Crippen molar-refractivity contribution in [1.29, 1.82) is 0 Å². The van der Waals surface area contributed by atoms with Crippen LogP contribution in [0.3, 0.4) is 0 Å². The van der Waals surface area contributed by atoms with Gasteiger partial charge in [0.25, 0.3) is 0 Å². The summed E-state index contributed by atoms with van der Waals surface area (Å²) in [6.07, 6.45) is 5.01. The fourth-order valence-electron chi connectivity index (χ4n) is 1.64. The molecule has 72 valence electrons. The third-order valence-corrected chi connectivity index (χ3v) is 2.70. The van der Waals surface area contributed by atoms with Crippen LogP contribution in [-0.4, -0.2) is 11.1 Å². The second-order valence-electron chi connectivity index (χ2n) is 3.86. The maximum atomic E-state index is 3.50. The van der Waals surface area contributed by atoms with Gasteiger partial charge in [0.1, 0.15) is 0 Å². The van der Waals surface area contributed by atoms with Gasteiger partial charge in [0.2, 0.25) is 0 Å². The van der Waals surface area contributed by atoms with Crippen LogP contribution in [0.5, 0.6) is 0 Å². The van der Waals surface area contributed by atoms with Crippen molar-refractivity contribution in [3.05, 3.63) is 24.0 Å². The van der Waals surface area contributed by atoms with Crippen LogP contribution in [0.2, 0.25) is 0 Å². The molecule has 1 N–H and O–H groups in total. The van der Waals surface area contributed by atoms with Gasteiger partial charge in [-0.1, -0.05) is 0 Å². The zero-order valence-electron chi connectivity index (χ0n) is 8.29. The molecule has 0 radical (unpaired) electrons. The van der Waals surface area contributed by atoms with Gasteiger partial charge in [0.15, 0.2) is 0 Å². The van der Waals surface area contributed by atoms with Crippen molar-refractivity contribution in [2.24, 2.45) is 5.92 Å². The first-order valence-electron chi connectivity index (χ1n) is 5.25. The zero-order valence-corrected chi connectivity index (χ0v) is 8.29. The molecule has 2 rings (SSSR count). The predicted molar refractivity (Wildman–Crippen MR) is 54.5 cm³/mol. The van der Waals surface area contributed by atoms with E-state index in [1.807, 2.05) is 0 Å². The summed E-state index contributed by atoms with van der Waals surface area (Å²) in [5.74, 6) is 0.977. The minimum absolute atomic E-state index is 0.977. The summed E-state index contributed by atoms with van der Waals surface area (Å²) in [5, 5.41) is 3.50. The lowest BCUT2D eigenvalue weighted by atomic mass is 10.4. The monoisotopic (exact) mass is 178 g/mol. The highest BCUT2D eigenvalue weighted by molar-refractivity contribution is 5.06. The van der Waals surface area contributed by atoms with Crippen molar-refractivity contribution in [3.8, 4) is 0 Å². The maximum absolute atomic E-state index is 3.50. The van der Waals surface area contributed by atoms with E-state index >= 15 is 0 Å². The minimum atomic E-state index is 0.977. The number of aryl methyl sites for hydroxylation is 1. The van der Waals surface area contributed by atoms with Crippen LogP contribution in [0.4, 0.5) is 0 Å². The number of hydrogen-bond donors (Lipinski definition) is 1. The van der Waals surface area contributed by atoms with E-state index in [2.05, 4.69) is 35.1 Å². The SMILES string of the molecule is CCn1cccc1CNCC1CC1. The summed E-state index contributed by atoms with van der Waals surface area (Å²) in [4.78, 5) is 0. The normalized spacial score (nSPS) is 16.4. The van der Waals surface area contributed by atoms with Gasteiger partial charge < -0.3 is 9.88 Å². The van der Waals surface area contributed by atoms with E-state index in [0.717, 1.165) is 19.0 Å². The van der Waals surface area contributed by atoms with Crippen LogP contribution in [0.25, 0.3) is 0 Å². The Bertz CT molecular complexity index is 261. The van der Waals surface area contributed by atoms with Gasteiger partial charge in [0, 0.05) is 25.0 Å². The van der Waals surface area contributed by atoms with Crippen molar-refractivity contribution in [1.82, 2.24) is 9.88 Å². The number of aromatic nitrogens is 1. The summed E-state index contributed by atoms with van der Waals surface area (Å²) in [6, 6.07) is 4.32. The van der Waals surface area contributed by atoms with E-state index < -0.39 is 0 Å². The average molecular weight is 178 g/mol. The Morgan fingerprint density at radius 1 is 1.54 bits per heavy atom. The molecule has 2 nitrogen and oxygen atoms in total. The van der Waals surface area contributed by atoms with Gasteiger partial charge in [-0.05, 0) is 44.4 Å². The molecule has 0 amide bonds. The predicted octanol–water partition coefficient (Wildman–Crippen LogP) is 2.01. The van der Waals surface area contributed by atoms with Crippen molar-refractivity contribution in [2.75, 3.05) is 6.54 Å². The van der Waals surface area contributed by atoms with Crippen molar-refractivity contribution >= 4 is 0 Å². The topological polar surface area (TPSA) is 17.0 Å². The Morgan fingerprint density at radius 3 is 3.08 bits per heavy atom. The van der Waals surface area contributed by atoms with Gasteiger partial charge in [-0.2, -0.15) is 0 Å². The number of hydrogen-bond acceptors (Lipinski definition) is 1. The van der Waals surface area contributed by atoms with E-state index in [4.69, 9.17) is 0 Å². The molecule has 0 aliphatic heterocycles. The molecule has 1 aromatic heterocycles. The number of nitrogens with zero attached hydrogens (tertiary/aromatic N) is 1. The summed E-state index contributed by atoms with van der Waals surface area (Å²) in [6.45, 7) is 5.49. The first-order chi connectivity index (χ1) is 6.40. The van der Waals surface area contributed by atoms with Crippen LogP contribution < -0.4 is 5.32 Å². The van der Waals surface area contributed by atoms with Crippen molar-refractivity contribution in [2.45, 2.75) is 32.9 Å². The fraction of sp³-hybridized carbons (Fsp3) is 0.636. The molecule has 0 aromatic carbocycles. The lowest BCUT2D eigenvalue weighted by molar-refractivity contribution is 0.601. The lowest BCUT2D eigenvalue weighted by Gasteiger charge is -2.07. The maximum Gasteiger partial charge on any atom is 0.0359 e. The Balaban J connectivity index is 1.78. The van der Waals surface area contributed by atoms with Gasteiger partial charge in [-0.15, -0.1) is 0 Å². The third-order valence-electron chi connectivity index (χ3n) is 2.70. The molecule has 2 heteroatoms. The molecular weight excluding hydrogens is 160 g/mol. The first kappa shape index (κ1) is 8.82. The highest BCUT2D eigenvalue weighted by Gasteiger charge is 2.20. The second kappa shape index (κ2) is 3.97. The molecule has 1 aliphatic rings. The van der Waals surface area contributed by atoms with Crippen molar-refractivity contribution in [3.63, 3.8) is 0 Å². The highest BCUT2D eigenvalue weighted by atomic mass is 15.0. The smallest absolute Gasteiger partial charge is 0.0359 e. The number of nitrogens with one attached hydrogen (secondary N) is 1. The summed E-state index contributed by atoms with van der Waals surface area (Å²) < 4.78 is 2.29. The van der Waals surface area contributed by atoms with Crippen LogP contribution in [0.1, 0.15) is 25.5 Å².